The van der Waals surface area contributed by atoms with Crippen molar-refractivity contribution in [3.63, 3.8) is 0 Å². The highest BCUT2D eigenvalue weighted by atomic mass is 16.5. The normalized spacial score (nSPS) is 22.9. The fourth-order valence-electron chi connectivity index (χ4n) is 2.70. The Labute approximate surface area is 122 Å². The minimum Gasteiger partial charge on any atom is -0.381 e. The summed E-state index contributed by atoms with van der Waals surface area (Å²) < 4.78 is 11.7. The van der Waals surface area contributed by atoms with Crippen molar-refractivity contribution in [2.24, 2.45) is 5.41 Å². The van der Waals surface area contributed by atoms with Gasteiger partial charge in [0.05, 0.1) is 19.8 Å². The SMILES string of the molecule is CCCNCC1(COCc2ccccc2)CCCOC1. The monoisotopic (exact) mass is 277 g/mol. The molecule has 1 unspecified atom stereocenters. The van der Waals surface area contributed by atoms with E-state index in [4.69, 9.17) is 9.47 Å². The van der Waals surface area contributed by atoms with E-state index < -0.39 is 0 Å². The van der Waals surface area contributed by atoms with Crippen molar-refractivity contribution in [1.82, 2.24) is 5.32 Å². The number of rotatable bonds is 8. The van der Waals surface area contributed by atoms with Gasteiger partial charge in [-0.25, -0.2) is 0 Å². The first kappa shape index (κ1) is 15.5. The lowest BCUT2D eigenvalue weighted by molar-refractivity contribution is -0.0617. The summed E-state index contributed by atoms with van der Waals surface area (Å²) in [5.41, 5.74) is 1.39. The van der Waals surface area contributed by atoms with Gasteiger partial charge >= 0.3 is 0 Å². The van der Waals surface area contributed by atoms with E-state index in [9.17, 15) is 0 Å². The molecule has 0 amide bonds. The summed E-state index contributed by atoms with van der Waals surface area (Å²) in [5.74, 6) is 0. The van der Waals surface area contributed by atoms with Gasteiger partial charge < -0.3 is 14.8 Å². The minimum absolute atomic E-state index is 0.155. The number of benzene rings is 1. The first-order chi connectivity index (χ1) is 9.85. The highest BCUT2D eigenvalue weighted by Crippen LogP contribution is 2.28. The van der Waals surface area contributed by atoms with Crippen LogP contribution in [0.25, 0.3) is 0 Å². The zero-order valence-corrected chi connectivity index (χ0v) is 12.6. The maximum absolute atomic E-state index is 5.97. The molecular weight excluding hydrogens is 250 g/mol. The second kappa shape index (κ2) is 8.40. The fraction of sp³-hybridized carbons (Fsp3) is 0.647. The lowest BCUT2D eigenvalue weighted by Gasteiger charge is -2.37. The Kier molecular flexibility index (Phi) is 6.51. The van der Waals surface area contributed by atoms with E-state index in [2.05, 4.69) is 36.5 Å². The Morgan fingerprint density at radius 1 is 1.30 bits per heavy atom. The van der Waals surface area contributed by atoms with E-state index in [1.165, 1.54) is 18.4 Å². The van der Waals surface area contributed by atoms with Crippen LogP contribution in [0.15, 0.2) is 30.3 Å². The molecule has 1 atom stereocenters. The summed E-state index contributed by atoms with van der Waals surface area (Å²) in [6, 6.07) is 10.4. The van der Waals surface area contributed by atoms with Gasteiger partial charge in [0.15, 0.2) is 0 Å². The maximum atomic E-state index is 5.97. The van der Waals surface area contributed by atoms with Gasteiger partial charge in [-0.15, -0.1) is 0 Å². The lowest BCUT2D eigenvalue weighted by atomic mass is 9.83. The topological polar surface area (TPSA) is 30.5 Å². The van der Waals surface area contributed by atoms with Crippen LogP contribution in [0.1, 0.15) is 31.7 Å². The molecule has 112 valence electrons. The predicted molar refractivity (Wildman–Crippen MR) is 81.7 cm³/mol. The van der Waals surface area contributed by atoms with Crippen LogP contribution < -0.4 is 5.32 Å². The van der Waals surface area contributed by atoms with Gasteiger partial charge in [0.1, 0.15) is 0 Å². The van der Waals surface area contributed by atoms with Crippen molar-refractivity contribution in [3.05, 3.63) is 35.9 Å². The Morgan fingerprint density at radius 3 is 2.85 bits per heavy atom. The van der Waals surface area contributed by atoms with Crippen LogP contribution in [0.3, 0.4) is 0 Å². The highest BCUT2D eigenvalue weighted by Gasteiger charge is 2.32. The van der Waals surface area contributed by atoms with E-state index in [0.29, 0.717) is 6.61 Å². The Hall–Kier alpha value is -0.900. The second-order valence-corrected chi connectivity index (χ2v) is 5.81. The van der Waals surface area contributed by atoms with Crippen molar-refractivity contribution < 1.29 is 9.47 Å². The Morgan fingerprint density at radius 2 is 2.15 bits per heavy atom. The van der Waals surface area contributed by atoms with Crippen molar-refractivity contribution in [2.45, 2.75) is 32.8 Å². The molecule has 2 rings (SSSR count). The number of hydrogen-bond donors (Lipinski definition) is 1. The third-order valence-corrected chi connectivity index (χ3v) is 3.85. The molecule has 1 saturated heterocycles. The summed E-state index contributed by atoms with van der Waals surface area (Å²) in [7, 11) is 0. The molecule has 0 aliphatic carbocycles. The molecule has 3 nitrogen and oxygen atoms in total. The number of hydrogen-bond acceptors (Lipinski definition) is 3. The van der Waals surface area contributed by atoms with Crippen molar-refractivity contribution in [3.8, 4) is 0 Å². The van der Waals surface area contributed by atoms with Crippen LogP contribution in [0.4, 0.5) is 0 Å². The molecule has 1 N–H and O–H groups in total. The molecule has 20 heavy (non-hydrogen) atoms. The molecule has 0 bridgehead atoms. The van der Waals surface area contributed by atoms with Crippen LogP contribution in [0.5, 0.6) is 0 Å². The number of nitrogens with one attached hydrogen (secondary N) is 1. The van der Waals surface area contributed by atoms with Crippen LogP contribution in [-0.4, -0.2) is 32.9 Å². The van der Waals surface area contributed by atoms with Crippen molar-refractivity contribution in [2.75, 3.05) is 32.9 Å². The van der Waals surface area contributed by atoms with Gasteiger partial charge in [0.2, 0.25) is 0 Å². The molecule has 1 fully saturated rings. The molecular formula is C17H27NO2. The van der Waals surface area contributed by atoms with Crippen LogP contribution in [0, 0.1) is 5.41 Å². The van der Waals surface area contributed by atoms with E-state index in [0.717, 1.165) is 39.3 Å². The van der Waals surface area contributed by atoms with E-state index in [-0.39, 0.29) is 5.41 Å². The highest BCUT2D eigenvalue weighted by molar-refractivity contribution is 5.13. The summed E-state index contributed by atoms with van der Waals surface area (Å²) in [4.78, 5) is 0. The molecule has 3 heteroatoms. The fourth-order valence-corrected chi connectivity index (χ4v) is 2.70. The summed E-state index contributed by atoms with van der Waals surface area (Å²) in [5, 5.41) is 3.53. The summed E-state index contributed by atoms with van der Waals surface area (Å²) >= 11 is 0. The standard InChI is InChI=1S/C17H27NO2/c1-2-10-18-13-17(9-6-11-19-14-17)15-20-12-16-7-4-3-5-8-16/h3-5,7-8,18H,2,6,9-15H2,1H3. The molecule has 1 heterocycles. The quantitative estimate of drug-likeness (QED) is 0.741. The van der Waals surface area contributed by atoms with Gasteiger partial charge in [-0.05, 0) is 31.4 Å². The maximum Gasteiger partial charge on any atom is 0.0717 e. The van der Waals surface area contributed by atoms with Gasteiger partial charge in [0, 0.05) is 18.6 Å². The van der Waals surface area contributed by atoms with Gasteiger partial charge in [0.25, 0.3) is 0 Å². The average molecular weight is 277 g/mol. The van der Waals surface area contributed by atoms with Gasteiger partial charge in [-0.3, -0.25) is 0 Å². The minimum atomic E-state index is 0.155. The van der Waals surface area contributed by atoms with E-state index >= 15 is 0 Å². The molecule has 0 spiro atoms. The van der Waals surface area contributed by atoms with Crippen LogP contribution >= 0.6 is 0 Å². The van der Waals surface area contributed by atoms with E-state index in [1.54, 1.807) is 0 Å². The first-order valence-corrected chi connectivity index (χ1v) is 7.75. The summed E-state index contributed by atoms with van der Waals surface area (Å²) in [6.45, 7) is 7.45. The van der Waals surface area contributed by atoms with Gasteiger partial charge in [-0.2, -0.15) is 0 Å². The van der Waals surface area contributed by atoms with Crippen LogP contribution in [0.2, 0.25) is 0 Å². The second-order valence-electron chi connectivity index (χ2n) is 5.81. The van der Waals surface area contributed by atoms with E-state index in [1.807, 2.05) is 6.07 Å². The average Bonchev–Trinajstić information content (AvgIpc) is 2.50. The zero-order valence-electron chi connectivity index (χ0n) is 12.6. The van der Waals surface area contributed by atoms with Crippen molar-refractivity contribution in [1.29, 1.82) is 0 Å². The smallest absolute Gasteiger partial charge is 0.0717 e. The molecule has 0 radical (unpaired) electrons. The molecule has 1 aliphatic rings. The molecule has 1 aromatic rings. The molecule has 1 aliphatic heterocycles. The third-order valence-electron chi connectivity index (χ3n) is 3.85. The predicted octanol–water partition coefficient (Wildman–Crippen LogP) is 3.00. The lowest BCUT2D eigenvalue weighted by Crippen LogP contribution is -2.44. The first-order valence-electron chi connectivity index (χ1n) is 7.75. The van der Waals surface area contributed by atoms with Crippen molar-refractivity contribution >= 4 is 0 Å². The Bertz CT molecular complexity index is 361. The third kappa shape index (κ3) is 4.89. The molecule has 0 aromatic heterocycles. The molecule has 1 aromatic carbocycles. The van der Waals surface area contributed by atoms with Crippen LogP contribution in [-0.2, 0) is 16.1 Å². The van der Waals surface area contributed by atoms with Gasteiger partial charge in [-0.1, -0.05) is 37.3 Å². The Balaban J connectivity index is 1.80. The number of ether oxygens (including phenoxy) is 2. The summed E-state index contributed by atoms with van der Waals surface area (Å²) in [6.07, 6.45) is 3.50. The molecule has 0 saturated carbocycles. The largest absolute Gasteiger partial charge is 0.381 e. The zero-order chi connectivity index (χ0) is 14.1.